The molecular weight excluding hydrogens is 851 g/mol. The van der Waals surface area contributed by atoms with Crippen LogP contribution in [0.25, 0.3) is 11.4 Å². The maximum Gasteiger partial charge on any atom is 0.495 e. The van der Waals surface area contributed by atoms with Crippen LogP contribution < -0.4 is 21.0 Å². The summed E-state index contributed by atoms with van der Waals surface area (Å²) >= 11 is 0. The molecule has 2 aliphatic rings. The first kappa shape index (κ1) is 47.2. The van der Waals surface area contributed by atoms with E-state index in [1.165, 1.54) is 24.3 Å². The van der Waals surface area contributed by atoms with Crippen molar-refractivity contribution in [2.24, 2.45) is 0 Å². The Bertz CT molecular complexity index is 2620. The first-order chi connectivity index (χ1) is 30.3. The van der Waals surface area contributed by atoms with Crippen molar-refractivity contribution < 1.29 is 50.0 Å². The number of nitrogens with one attached hydrogen (secondary N) is 2. The number of morpholine rings is 1. The predicted molar refractivity (Wildman–Crippen MR) is 237 cm³/mol. The number of benzene rings is 4. The van der Waals surface area contributed by atoms with E-state index in [1.54, 1.807) is 36.4 Å². The first-order valence-corrected chi connectivity index (χ1v) is 21.1. The average molecular weight is 902 g/mol. The van der Waals surface area contributed by atoms with Crippen LogP contribution in [0.15, 0.2) is 91.0 Å². The lowest BCUT2D eigenvalue weighted by molar-refractivity contribution is -0.138. The molecule has 7 rings (SSSR count). The number of amides is 2. The van der Waals surface area contributed by atoms with Gasteiger partial charge in [0.1, 0.15) is 5.82 Å². The molecule has 4 aromatic carbocycles. The van der Waals surface area contributed by atoms with Gasteiger partial charge in [0.25, 0.3) is 11.8 Å². The molecule has 2 aliphatic heterocycles. The second kappa shape index (κ2) is 17.6. The molecule has 0 bridgehead atoms. The highest BCUT2D eigenvalue weighted by Gasteiger charge is 2.56. The lowest BCUT2D eigenvalue weighted by atomic mass is 9.76. The van der Waals surface area contributed by atoms with Crippen molar-refractivity contribution >= 4 is 41.6 Å². The maximum atomic E-state index is 13.4. The smallest absolute Gasteiger partial charge is 0.399 e. The molecule has 342 valence electrons. The van der Waals surface area contributed by atoms with Gasteiger partial charge < -0.3 is 29.6 Å². The fourth-order valence-corrected chi connectivity index (χ4v) is 7.79. The molecule has 17 heteroatoms. The number of carbonyl (C=O) groups is 2. The third-order valence-electron chi connectivity index (χ3n) is 12.0. The molecule has 2 fully saturated rings. The number of ether oxygens (including phenoxy) is 1. The topological polar surface area (TPSA) is 115 Å². The summed E-state index contributed by atoms with van der Waals surface area (Å²) in [5, 5.41) is 5.43. The van der Waals surface area contributed by atoms with Crippen LogP contribution in [0.3, 0.4) is 0 Å². The highest BCUT2D eigenvalue weighted by atomic mass is 19.4. The van der Waals surface area contributed by atoms with Gasteiger partial charge in [0.2, 0.25) is 0 Å². The highest BCUT2D eigenvalue weighted by Crippen LogP contribution is 2.42. The SMILES string of the molecule is Cc1ccc(NC(=O)c2cccc(C(F)(F)F)c2)cc1B1OC(C)(C)C(C)(CC2CN(c3cc(C(C)(C)C)nc(-c4cc(NC(=O)c5cccc(C(F)(F)F)c5)ccc4C)n3)CCO2)O1. The molecule has 2 amide bonds. The predicted octanol–water partition coefficient (Wildman–Crippen LogP) is 10.2. The Morgan fingerprint density at radius 3 is 1.89 bits per heavy atom. The van der Waals surface area contributed by atoms with E-state index < -0.39 is 53.6 Å². The number of aryl methyl sites for hydroxylation is 2. The summed E-state index contributed by atoms with van der Waals surface area (Å²) in [6, 6.07) is 20.8. The van der Waals surface area contributed by atoms with E-state index in [9.17, 15) is 35.9 Å². The van der Waals surface area contributed by atoms with Gasteiger partial charge in [0, 0.05) is 59.1 Å². The Hall–Kier alpha value is -5.78. The number of alkyl halides is 6. The van der Waals surface area contributed by atoms with Crippen molar-refractivity contribution in [2.75, 3.05) is 35.2 Å². The van der Waals surface area contributed by atoms with Gasteiger partial charge >= 0.3 is 19.5 Å². The first-order valence-electron chi connectivity index (χ1n) is 21.1. The van der Waals surface area contributed by atoms with E-state index in [4.69, 9.17) is 24.0 Å². The molecule has 0 radical (unpaired) electrons. The molecule has 2 atom stereocenters. The second-order valence-electron chi connectivity index (χ2n) is 18.3. The molecule has 65 heavy (non-hydrogen) atoms. The minimum atomic E-state index is -4.60. The molecule has 3 heterocycles. The van der Waals surface area contributed by atoms with Crippen LogP contribution in [-0.2, 0) is 31.8 Å². The number of carbonyl (C=O) groups excluding carboxylic acids is 2. The number of aromatic nitrogens is 2. The van der Waals surface area contributed by atoms with Crippen LogP contribution >= 0.6 is 0 Å². The van der Waals surface area contributed by atoms with Crippen LogP contribution in [0.2, 0.25) is 0 Å². The summed E-state index contributed by atoms with van der Waals surface area (Å²) in [7, 11) is -0.840. The average Bonchev–Trinajstić information content (AvgIpc) is 3.47. The van der Waals surface area contributed by atoms with Gasteiger partial charge in [0.05, 0.1) is 40.7 Å². The van der Waals surface area contributed by atoms with Gasteiger partial charge in [-0.25, -0.2) is 9.97 Å². The van der Waals surface area contributed by atoms with Crippen molar-refractivity contribution in [1.29, 1.82) is 0 Å². The number of hydrogen-bond donors (Lipinski definition) is 2. The van der Waals surface area contributed by atoms with Crippen molar-refractivity contribution in [3.05, 3.63) is 130 Å². The zero-order chi connectivity index (χ0) is 47.3. The van der Waals surface area contributed by atoms with E-state index in [0.717, 1.165) is 41.1 Å². The van der Waals surface area contributed by atoms with Gasteiger partial charge in [-0.1, -0.05) is 50.6 Å². The number of anilines is 3. The summed E-state index contributed by atoms with van der Waals surface area (Å²) in [5.74, 6) is -0.315. The summed E-state index contributed by atoms with van der Waals surface area (Å²) in [6.07, 6.45) is -9.10. The van der Waals surface area contributed by atoms with Crippen LogP contribution in [0, 0.1) is 13.8 Å². The molecule has 5 aromatic rings. The van der Waals surface area contributed by atoms with E-state index in [1.807, 2.05) is 61.5 Å². The normalized spacial score (nSPS) is 19.0. The quantitative estimate of drug-likeness (QED) is 0.111. The number of rotatable bonds is 9. The zero-order valence-corrected chi connectivity index (χ0v) is 37.3. The Labute approximate surface area is 374 Å². The minimum Gasteiger partial charge on any atom is -0.399 e. The summed E-state index contributed by atoms with van der Waals surface area (Å²) in [5.41, 5.74) is 0.204. The van der Waals surface area contributed by atoms with E-state index in [-0.39, 0.29) is 22.6 Å². The van der Waals surface area contributed by atoms with Crippen molar-refractivity contribution in [3.63, 3.8) is 0 Å². The van der Waals surface area contributed by atoms with Crippen molar-refractivity contribution in [3.8, 4) is 11.4 Å². The third-order valence-corrected chi connectivity index (χ3v) is 12.0. The Morgan fingerprint density at radius 2 is 1.32 bits per heavy atom. The molecule has 0 spiro atoms. The second-order valence-corrected chi connectivity index (χ2v) is 18.3. The van der Waals surface area contributed by atoms with Gasteiger partial charge in [0.15, 0.2) is 5.82 Å². The fourth-order valence-electron chi connectivity index (χ4n) is 7.79. The molecule has 0 saturated carbocycles. The molecule has 1 aromatic heterocycles. The molecule has 10 nitrogen and oxygen atoms in total. The van der Waals surface area contributed by atoms with Gasteiger partial charge in [-0.2, -0.15) is 26.3 Å². The minimum absolute atomic E-state index is 0.135. The lowest BCUT2D eigenvalue weighted by Crippen LogP contribution is -2.52. The molecular formula is C48H50BF6N5O5. The fraction of sp³-hybridized carbons (Fsp3) is 0.375. The Balaban J connectivity index is 1.09. The van der Waals surface area contributed by atoms with Gasteiger partial charge in [-0.3, -0.25) is 9.59 Å². The van der Waals surface area contributed by atoms with Crippen LogP contribution in [-0.4, -0.2) is 65.9 Å². The standard InChI is InChI=1S/C48H50BF6N5O5/c1-28-15-17-34(56-42(61)30-11-9-13-32(21-30)47(50,51)52)23-37(28)41-58-39(44(3,4)5)25-40(59-41)60-19-20-63-36(27-60)26-46(8)45(6,7)64-49(65-46)38-24-35(18-16-29(38)2)57-43(62)31-12-10-14-33(22-31)48(53,54)55/h9-18,21-25,36H,19-20,26-27H2,1-8H3,(H,56,61)(H,57,62). The van der Waals surface area contributed by atoms with Crippen LogP contribution in [0.4, 0.5) is 43.5 Å². The molecule has 2 unspecified atom stereocenters. The number of nitrogens with zero attached hydrogens (tertiary/aromatic N) is 3. The summed E-state index contributed by atoms with van der Waals surface area (Å²) in [6.45, 7) is 17.1. The van der Waals surface area contributed by atoms with Crippen molar-refractivity contribution in [2.45, 2.75) is 96.9 Å². The van der Waals surface area contributed by atoms with Crippen LogP contribution in [0.5, 0.6) is 0 Å². The summed E-state index contributed by atoms with van der Waals surface area (Å²) in [4.78, 5) is 38.3. The summed E-state index contributed by atoms with van der Waals surface area (Å²) < 4.78 is 99.8. The largest absolute Gasteiger partial charge is 0.495 e. The number of hydrogen-bond acceptors (Lipinski definition) is 8. The van der Waals surface area contributed by atoms with Gasteiger partial charge in [-0.05, 0) is 106 Å². The van der Waals surface area contributed by atoms with E-state index >= 15 is 0 Å². The molecule has 0 aliphatic carbocycles. The van der Waals surface area contributed by atoms with E-state index in [2.05, 4.69) is 15.5 Å². The molecule has 2 N–H and O–H groups in total. The Morgan fingerprint density at radius 1 is 0.754 bits per heavy atom. The lowest BCUT2D eigenvalue weighted by Gasteiger charge is -2.42. The van der Waals surface area contributed by atoms with Gasteiger partial charge in [-0.15, -0.1) is 0 Å². The maximum absolute atomic E-state index is 13.4. The molecule has 2 saturated heterocycles. The van der Waals surface area contributed by atoms with Crippen molar-refractivity contribution in [1.82, 2.24) is 9.97 Å². The zero-order valence-electron chi connectivity index (χ0n) is 37.3. The van der Waals surface area contributed by atoms with E-state index in [0.29, 0.717) is 60.2 Å². The monoisotopic (exact) mass is 901 g/mol. The third kappa shape index (κ3) is 10.5. The Kier molecular flexibility index (Phi) is 12.7. The highest BCUT2D eigenvalue weighted by molar-refractivity contribution is 6.62. The van der Waals surface area contributed by atoms with Crippen LogP contribution in [0.1, 0.15) is 96.6 Å². The number of halogens is 6.